The van der Waals surface area contributed by atoms with Gasteiger partial charge in [0, 0.05) is 0 Å². The number of carbonyl (C=O) groups is 1. The summed E-state index contributed by atoms with van der Waals surface area (Å²) in [7, 11) is 0. The molecule has 0 saturated heterocycles. The van der Waals surface area contributed by atoms with Gasteiger partial charge in [0.05, 0.1) is 11.6 Å². The second kappa shape index (κ2) is 7.51. The maximum atomic E-state index is 13.2. The van der Waals surface area contributed by atoms with Crippen molar-refractivity contribution >= 4 is 12.1 Å². The highest BCUT2D eigenvalue weighted by Crippen LogP contribution is 2.69. The number of carbonyl (C=O) groups excluding carboxylic acids is 1. The first-order valence-corrected chi connectivity index (χ1v) is 11.5. The first-order valence-electron chi connectivity index (χ1n) is 11.5. The molecule has 0 aromatic heterocycles. The predicted octanol–water partition coefficient (Wildman–Crippen LogP) is 5.71. The fourth-order valence-corrected chi connectivity index (χ4v) is 7.38. The molecule has 2 aromatic rings. The Labute approximate surface area is 185 Å². The van der Waals surface area contributed by atoms with E-state index in [1.807, 2.05) is 54.6 Å². The highest BCUT2D eigenvalue weighted by molar-refractivity contribution is 5.86. The van der Waals surface area contributed by atoms with Crippen molar-refractivity contribution in [1.29, 1.82) is 0 Å². The van der Waals surface area contributed by atoms with E-state index in [-0.39, 0.29) is 11.3 Å². The van der Waals surface area contributed by atoms with Crippen molar-refractivity contribution in [2.24, 2.45) is 27.3 Å². The average Bonchev–Trinajstić information content (AvgIpc) is 2.71. The minimum absolute atomic E-state index is 0.119. The van der Waals surface area contributed by atoms with Crippen LogP contribution in [0.4, 0.5) is 0 Å². The molecule has 162 valence electrons. The summed E-state index contributed by atoms with van der Waals surface area (Å²) in [5, 5.41) is 4.30. The molecule has 4 saturated carbocycles. The third kappa shape index (κ3) is 4.13. The minimum Gasteiger partial charge on any atom is -0.489 e. The van der Waals surface area contributed by atoms with Gasteiger partial charge >= 0.3 is 0 Å². The van der Waals surface area contributed by atoms with Crippen LogP contribution >= 0.6 is 0 Å². The van der Waals surface area contributed by atoms with Crippen molar-refractivity contribution in [3.05, 3.63) is 65.7 Å². The molecule has 4 aliphatic rings. The summed E-state index contributed by atoms with van der Waals surface area (Å²) in [6.45, 7) is 5.33. The van der Waals surface area contributed by atoms with Crippen LogP contribution in [0.3, 0.4) is 0 Å². The molecule has 0 aliphatic heterocycles. The zero-order valence-corrected chi connectivity index (χ0v) is 18.6. The fourth-order valence-electron chi connectivity index (χ4n) is 7.38. The largest absolute Gasteiger partial charge is 0.489 e. The maximum Gasteiger partial charge on any atom is 0.246 e. The molecule has 4 fully saturated rings. The molecule has 4 heteroatoms. The van der Waals surface area contributed by atoms with Gasteiger partial charge in [-0.2, -0.15) is 5.10 Å². The molecular weight excluding hydrogens is 384 g/mol. The summed E-state index contributed by atoms with van der Waals surface area (Å²) in [6, 6.07) is 17.9. The topological polar surface area (TPSA) is 50.7 Å². The first-order chi connectivity index (χ1) is 14.9. The monoisotopic (exact) mass is 416 g/mol. The van der Waals surface area contributed by atoms with Gasteiger partial charge in [0.2, 0.25) is 5.91 Å². The van der Waals surface area contributed by atoms with Crippen LogP contribution in [0.25, 0.3) is 0 Å². The van der Waals surface area contributed by atoms with Crippen molar-refractivity contribution in [3.63, 3.8) is 0 Å². The standard InChI is InChI=1S/C27H32N2O2/c1-25-12-22-13-26(2,17-25)19-27(14-22,18-25)24(30)29-28-15-20-8-10-23(11-9-20)31-16-21-6-4-3-5-7-21/h3-11,15,22H,12-14,16-19H2,1-2H3,(H,29,30)/b28-15+. The molecule has 6 rings (SSSR count). The van der Waals surface area contributed by atoms with Crippen LogP contribution in [-0.4, -0.2) is 12.1 Å². The number of hydrogen-bond acceptors (Lipinski definition) is 3. The van der Waals surface area contributed by atoms with Gasteiger partial charge < -0.3 is 4.74 Å². The van der Waals surface area contributed by atoms with Gasteiger partial charge in [-0.3, -0.25) is 4.79 Å². The van der Waals surface area contributed by atoms with Gasteiger partial charge in [-0.1, -0.05) is 44.2 Å². The van der Waals surface area contributed by atoms with Crippen molar-refractivity contribution in [2.75, 3.05) is 0 Å². The van der Waals surface area contributed by atoms with E-state index in [1.165, 1.54) is 19.3 Å². The smallest absolute Gasteiger partial charge is 0.246 e. The molecule has 1 N–H and O–H groups in total. The Balaban J connectivity index is 1.18. The summed E-state index contributed by atoms with van der Waals surface area (Å²) in [6.07, 6.45) is 8.64. The maximum absolute atomic E-state index is 13.2. The van der Waals surface area contributed by atoms with Gasteiger partial charge in [-0.05, 0) is 90.7 Å². The lowest BCUT2D eigenvalue weighted by molar-refractivity contribution is -0.170. The zero-order valence-electron chi connectivity index (χ0n) is 18.6. The van der Waals surface area contributed by atoms with E-state index in [1.54, 1.807) is 6.21 Å². The predicted molar refractivity (Wildman–Crippen MR) is 123 cm³/mol. The quantitative estimate of drug-likeness (QED) is 0.484. The molecule has 2 aromatic carbocycles. The van der Waals surface area contributed by atoms with E-state index >= 15 is 0 Å². The van der Waals surface area contributed by atoms with Gasteiger partial charge in [0.15, 0.2) is 0 Å². The molecular formula is C27H32N2O2. The summed E-state index contributed by atoms with van der Waals surface area (Å²) in [5.41, 5.74) is 5.39. The van der Waals surface area contributed by atoms with E-state index in [2.05, 4.69) is 24.4 Å². The third-order valence-corrected chi connectivity index (χ3v) is 7.62. The van der Waals surface area contributed by atoms with Gasteiger partial charge in [0.25, 0.3) is 0 Å². The Morgan fingerprint density at radius 1 is 1.00 bits per heavy atom. The summed E-state index contributed by atoms with van der Waals surface area (Å²) < 4.78 is 5.83. The number of hydrazone groups is 1. The first kappa shape index (κ1) is 20.3. The molecule has 2 unspecified atom stereocenters. The number of nitrogens with zero attached hydrogens (tertiary/aromatic N) is 1. The summed E-state index contributed by atoms with van der Waals surface area (Å²) in [4.78, 5) is 13.2. The second-order valence-corrected chi connectivity index (χ2v) is 11.0. The van der Waals surface area contributed by atoms with Crippen molar-refractivity contribution in [2.45, 2.75) is 59.0 Å². The van der Waals surface area contributed by atoms with Gasteiger partial charge in [-0.15, -0.1) is 0 Å². The van der Waals surface area contributed by atoms with E-state index in [0.717, 1.165) is 36.1 Å². The molecule has 4 nitrogen and oxygen atoms in total. The summed E-state index contributed by atoms with van der Waals surface area (Å²) >= 11 is 0. The van der Waals surface area contributed by atoms with E-state index in [9.17, 15) is 4.79 Å². The SMILES string of the molecule is CC12CC3CC(C)(C1)CC(C(=O)N/N=C/c1ccc(OCc4ccccc4)cc1)(C3)C2. The number of rotatable bonds is 6. The minimum atomic E-state index is -0.227. The second-order valence-electron chi connectivity index (χ2n) is 11.0. The van der Waals surface area contributed by atoms with Crippen LogP contribution in [0.1, 0.15) is 63.5 Å². The van der Waals surface area contributed by atoms with Crippen molar-refractivity contribution < 1.29 is 9.53 Å². The Morgan fingerprint density at radius 2 is 1.68 bits per heavy atom. The third-order valence-electron chi connectivity index (χ3n) is 7.62. The van der Waals surface area contributed by atoms with Gasteiger partial charge in [0.1, 0.15) is 12.4 Å². The Hall–Kier alpha value is -2.62. The van der Waals surface area contributed by atoms with Crippen molar-refractivity contribution in [1.82, 2.24) is 5.43 Å². The highest BCUT2D eigenvalue weighted by atomic mass is 16.5. The average molecular weight is 417 g/mol. The molecule has 0 spiro atoms. The highest BCUT2D eigenvalue weighted by Gasteiger charge is 2.62. The molecule has 1 amide bonds. The Bertz CT molecular complexity index is 964. The zero-order chi connectivity index (χ0) is 21.5. The molecule has 0 heterocycles. The Morgan fingerprint density at radius 3 is 2.32 bits per heavy atom. The van der Waals surface area contributed by atoms with E-state index in [4.69, 9.17) is 4.74 Å². The number of nitrogens with one attached hydrogen (secondary N) is 1. The number of amides is 1. The lowest BCUT2D eigenvalue weighted by atomic mass is 9.40. The summed E-state index contributed by atoms with van der Waals surface area (Å²) in [5.74, 6) is 1.64. The molecule has 4 bridgehead atoms. The van der Waals surface area contributed by atoms with Crippen LogP contribution in [0.5, 0.6) is 5.75 Å². The Kier molecular flexibility index (Phi) is 4.91. The molecule has 31 heavy (non-hydrogen) atoms. The number of ether oxygens (including phenoxy) is 1. The number of benzene rings is 2. The normalized spacial score (nSPS) is 33.5. The van der Waals surface area contributed by atoms with E-state index < -0.39 is 0 Å². The fraction of sp³-hybridized carbons (Fsp3) is 0.481. The van der Waals surface area contributed by atoms with Crippen LogP contribution in [0.15, 0.2) is 59.7 Å². The molecule has 4 aliphatic carbocycles. The number of hydrogen-bond donors (Lipinski definition) is 1. The lowest BCUT2D eigenvalue weighted by Crippen LogP contribution is -2.59. The van der Waals surface area contributed by atoms with Crippen LogP contribution in [0.2, 0.25) is 0 Å². The van der Waals surface area contributed by atoms with Crippen molar-refractivity contribution in [3.8, 4) is 5.75 Å². The van der Waals surface area contributed by atoms with Crippen LogP contribution in [-0.2, 0) is 11.4 Å². The molecule has 0 radical (unpaired) electrons. The van der Waals surface area contributed by atoms with Crippen LogP contribution in [0, 0.1) is 22.2 Å². The molecule has 2 atom stereocenters. The van der Waals surface area contributed by atoms with Crippen LogP contribution < -0.4 is 10.2 Å². The lowest BCUT2D eigenvalue weighted by Gasteiger charge is -2.64. The van der Waals surface area contributed by atoms with E-state index in [0.29, 0.717) is 23.4 Å². The van der Waals surface area contributed by atoms with Gasteiger partial charge in [-0.25, -0.2) is 5.43 Å².